The van der Waals surface area contributed by atoms with Crippen LogP contribution in [0, 0.1) is 17.9 Å². The monoisotopic (exact) mass is 542 g/mol. The lowest BCUT2D eigenvalue weighted by molar-refractivity contribution is 0.615. The van der Waals surface area contributed by atoms with Gasteiger partial charge in [0.2, 0.25) is 0 Å². The molecule has 202 valence electrons. The largest absolute Gasteiger partial charge is 0.310 e. The number of hydrogen-bond acceptors (Lipinski definition) is 3. The molecule has 0 atom stereocenters. The van der Waals surface area contributed by atoms with E-state index in [9.17, 15) is 5.26 Å². The lowest BCUT2D eigenvalue weighted by Gasteiger charge is -2.47. The summed E-state index contributed by atoms with van der Waals surface area (Å²) in [5.74, 6) is 0. The Balaban J connectivity index is 1.58. The summed E-state index contributed by atoms with van der Waals surface area (Å²) >= 11 is 0. The summed E-state index contributed by atoms with van der Waals surface area (Å²) < 4.78 is 0. The van der Waals surface area contributed by atoms with Crippen molar-refractivity contribution < 1.29 is 0 Å². The van der Waals surface area contributed by atoms with Crippen molar-refractivity contribution >= 4 is 39.8 Å². The molecule has 0 N–H and O–H groups in total. The number of nitriles is 1. The molecule has 0 aliphatic carbocycles. The van der Waals surface area contributed by atoms with Gasteiger partial charge in [-0.05, 0) is 82.9 Å². The van der Waals surface area contributed by atoms with Crippen LogP contribution in [0.3, 0.4) is 0 Å². The average Bonchev–Trinajstić information content (AvgIpc) is 3.02. The van der Waals surface area contributed by atoms with Crippen molar-refractivity contribution in [3.8, 4) is 6.07 Å². The highest BCUT2D eigenvalue weighted by Gasteiger charge is 2.43. The van der Waals surface area contributed by atoms with Gasteiger partial charge in [-0.1, -0.05) is 76.2 Å². The minimum absolute atomic E-state index is 0.358. The van der Waals surface area contributed by atoms with Gasteiger partial charge < -0.3 is 9.80 Å². The summed E-state index contributed by atoms with van der Waals surface area (Å²) in [6.07, 6.45) is 0. The highest BCUT2D eigenvalue weighted by Crippen LogP contribution is 2.59. The van der Waals surface area contributed by atoms with E-state index in [1.54, 1.807) is 0 Å². The number of benzene rings is 5. The molecule has 0 aromatic heterocycles. The smallest absolute Gasteiger partial charge is 0.187 e. The zero-order valence-electron chi connectivity index (χ0n) is 24.2. The number of para-hydroxylation sites is 2. The van der Waals surface area contributed by atoms with Crippen molar-refractivity contribution in [2.45, 2.75) is 38.5 Å². The molecule has 0 unspecified atom stereocenters. The minimum atomic E-state index is -0.363. The van der Waals surface area contributed by atoms with Gasteiger partial charge in [0.1, 0.15) is 0 Å². The Labute approximate surface area is 247 Å². The molecule has 0 saturated carbocycles. The minimum Gasteiger partial charge on any atom is -0.310 e. The van der Waals surface area contributed by atoms with Crippen LogP contribution in [-0.2, 0) is 10.8 Å². The molecule has 2 heterocycles. The van der Waals surface area contributed by atoms with E-state index in [4.69, 9.17) is 6.57 Å². The van der Waals surface area contributed by atoms with Crippen molar-refractivity contribution in [2.75, 3.05) is 9.80 Å². The summed E-state index contributed by atoms with van der Waals surface area (Å²) in [5.41, 5.74) is 11.8. The number of hydrogen-bond donors (Lipinski definition) is 0. The van der Waals surface area contributed by atoms with Crippen LogP contribution in [-0.4, -0.2) is 0 Å². The molecule has 2 aliphatic rings. The number of fused-ring (bicyclic) bond motifs is 4. The fourth-order valence-corrected chi connectivity index (χ4v) is 6.80. The van der Waals surface area contributed by atoms with Gasteiger partial charge in [0.05, 0.1) is 35.3 Å². The summed E-state index contributed by atoms with van der Waals surface area (Å²) in [6, 6.07) is 40.1. The maximum atomic E-state index is 9.81. The zero-order chi connectivity index (χ0) is 29.2. The third-order valence-electron chi connectivity index (χ3n) is 9.03. The summed E-state index contributed by atoms with van der Waals surface area (Å²) in [5, 5.41) is 9.81. The first kappa shape index (κ1) is 25.6. The second-order valence-electron chi connectivity index (χ2n) is 12.1. The predicted octanol–water partition coefficient (Wildman–Crippen LogP) is 10.3. The van der Waals surface area contributed by atoms with Gasteiger partial charge in [0, 0.05) is 27.9 Å². The van der Waals surface area contributed by atoms with Gasteiger partial charge in [-0.15, -0.1) is 0 Å². The normalized spacial score (nSPS) is 15.4. The number of rotatable bonds is 2. The zero-order valence-corrected chi connectivity index (χ0v) is 24.2. The predicted molar refractivity (Wildman–Crippen MR) is 171 cm³/mol. The van der Waals surface area contributed by atoms with Gasteiger partial charge in [0.25, 0.3) is 0 Å². The lowest BCUT2D eigenvalue weighted by atomic mass is 9.68. The summed E-state index contributed by atoms with van der Waals surface area (Å²) in [4.78, 5) is 8.46. The first-order chi connectivity index (χ1) is 20.3. The van der Waals surface area contributed by atoms with Crippen molar-refractivity contribution in [1.29, 1.82) is 5.26 Å². The van der Waals surface area contributed by atoms with Crippen LogP contribution in [0.5, 0.6) is 0 Å². The van der Waals surface area contributed by atoms with Crippen LogP contribution >= 0.6 is 0 Å². The third kappa shape index (κ3) is 3.59. The van der Waals surface area contributed by atoms with Crippen LogP contribution in [0.25, 0.3) is 4.85 Å². The second-order valence-corrected chi connectivity index (χ2v) is 12.1. The molecule has 0 saturated heterocycles. The van der Waals surface area contributed by atoms with Crippen LogP contribution in [0.2, 0.25) is 0 Å². The molecule has 0 bridgehead atoms. The van der Waals surface area contributed by atoms with E-state index in [1.807, 2.05) is 30.3 Å². The molecule has 0 radical (unpaired) electrons. The molecule has 7 rings (SSSR count). The Bertz CT molecular complexity index is 1810. The van der Waals surface area contributed by atoms with Gasteiger partial charge in [-0.25, -0.2) is 4.85 Å². The Morgan fingerprint density at radius 3 is 1.50 bits per heavy atom. The number of nitrogens with zero attached hydrogens (tertiary/aromatic N) is 4. The Morgan fingerprint density at radius 1 is 0.571 bits per heavy atom. The lowest BCUT2D eigenvalue weighted by Crippen LogP contribution is -2.35. The van der Waals surface area contributed by atoms with Gasteiger partial charge in [0.15, 0.2) is 5.69 Å². The number of anilines is 6. The average molecular weight is 543 g/mol. The fourth-order valence-electron chi connectivity index (χ4n) is 6.80. The maximum absolute atomic E-state index is 9.81. The van der Waals surface area contributed by atoms with Crippen molar-refractivity contribution in [3.05, 3.63) is 148 Å². The SMILES string of the molecule is [C-]#[N+]c1ccc2c(c1)C(C)(C)c1cc3c(cc1N2c1ccccc1)C(C)(C)c1cc(C#N)ccc1N3c1ccccc1. The van der Waals surface area contributed by atoms with E-state index in [2.05, 4.69) is 127 Å². The van der Waals surface area contributed by atoms with E-state index in [0.29, 0.717) is 11.3 Å². The molecule has 2 aliphatic heterocycles. The summed E-state index contributed by atoms with van der Waals surface area (Å²) in [6.45, 7) is 16.8. The van der Waals surface area contributed by atoms with E-state index in [1.165, 1.54) is 11.1 Å². The molecular formula is C38H30N4. The highest BCUT2D eigenvalue weighted by atomic mass is 15.2. The molecule has 42 heavy (non-hydrogen) atoms. The van der Waals surface area contributed by atoms with Crippen LogP contribution in [0.1, 0.15) is 55.5 Å². The van der Waals surface area contributed by atoms with Crippen LogP contribution in [0.15, 0.2) is 109 Å². The fraction of sp³-hybridized carbons (Fsp3) is 0.158. The summed E-state index contributed by atoms with van der Waals surface area (Å²) in [7, 11) is 0. The first-order valence-electron chi connectivity index (χ1n) is 14.2. The van der Waals surface area contributed by atoms with Gasteiger partial charge >= 0.3 is 0 Å². The van der Waals surface area contributed by atoms with Crippen LogP contribution in [0.4, 0.5) is 39.8 Å². The molecule has 4 heteroatoms. The third-order valence-corrected chi connectivity index (χ3v) is 9.03. The van der Waals surface area contributed by atoms with E-state index in [-0.39, 0.29) is 10.8 Å². The molecular weight excluding hydrogens is 512 g/mol. The van der Waals surface area contributed by atoms with E-state index >= 15 is 0 Å². The molecule has 0 fully saturated rings. The molecule has 4 nitrogen and oxygen atoms in total. The van der Waals surface area contributed by atoms with Crippen molar-refractivity contribution in [2.24, 2.45) is 0 Å². The molecule has 5 aromatic carbocycles. The first-order valence-corrected chi connectivity index (χ1v) is 14.2. The topological polar surface area (TPSA) is 34.6 Å². The maximum Gasteiger partial charge on any atom is 0.187 e. The van der Waals surface area contributed by atoms with Gasteiger partial charge in [-0.2, -0.15) is 5.26 Å². The highest BCUT2D eigenvalue weighted by molar-refractivity contribution is 5.93. The second kappa shape index (κ2) is 9.10. The Hall–Kier alpha value is -5.32. The Morgan fingerprint density at radius 2 is 1.02 bits per heavy atom. The Kier molecular flexibility index (Phi) is 5.55. The van der Waals surface area contributed by atoms with E-state index in [0.717, 1.165) is 45.3 Å². The van der Waals surface area contributed by atoms with Gasteiger partial charge in [-0.3, -0.25) is 0 Å². The van der Waals surface area contributed by atoms with E-state index < -0.39 is 0 Å². The van der Waals surface area contributed by atoms with Crippen molar-refractivity contribution in [1.82, 2.24) is 0 Å². The molecule has 0 spiro atoms. The standard InChI is InChI=1S/C38H30N4/c1-37(2)29-20-25(24-39)16-18-33(29)41(27-12-8-6-9-13-27)35-23-32-36(22-31(35)37)42(28-14-10-7-11-15-28)34-19-17-26(40-5)21-30(34)38(32,3)4/h6-23H,1-4H3. The molecule has 0 amide bonds. The quantitative estimate of drug-likeness (QED) is 0.208. The van der Waals surface area contributed by atoms with Crippen LogP contribution < -0.4 is 9.80 Å². The molecule has 5 aromatic rings. The van der Waals surface area contributed by atoms with Crippen molar-refractivity contribution in [3.63, 3.8) is 0 Å².